The van der Waals surface area contributed by atoms with Crippen molar-refractivity contribution < 1.29 is 0 Å². The van der Waals surface area contributed by atoms with Gasteiger partial charge in [-0.05, 0) is 38.9 Å². The Kier molecular flexibility index (Phi) is 5.08. The van der Waals surface area contributed by atoms with E-state index in [1.807, 2.05) is 19.2 Å². The molecular weight excluding hydrogens is 304 g/mol. The van der Waals surface area contributed by atoms with Crippen molar-refractivity contribution in [3.8, 4) is 0 Å². The molecule has 7 heteroatoms. The molecule has 0 aromatic carbocycles. The van der Waals surface area contributed by atoms with Gasteiger partial charge in [0.05, 0.1) is 5.69 Å². The van der Waals surface area contributed by atoms with Crippen LogP contribution in [0, 0.1) is 0 Å². The minimum atomic E-state index is -0.0999. The molecule has 0 spiro atoms. The summed E-state index contributed by atoms with van der Waals surface area (Å²) in [6, 6.07) is 2.00. The lowest BCUT2D eigenvalue weighted by Gasteiger charge is -2.31. The Bertz CT molecular complexity index is 727. The van der Waals surface area contributed by atoms with Crippen molar-refractivity contribution in [2.45, 2.75) is 58.5 Å². The van der Waals surface area contributed by atoms with Crippen LogP contribution >= 0.6 is 0 Å². The van der Waals surface area contributed by atoms with Crippen molar-refractivity contribution in [1.82, 2.24) is 29.6 Å². The molecule has 0 aliphatic carbocycles. The molecule has 2 aromatic rings. The number of hydrogen-bond donors (Lipinski definition) is 1. The predicted molar refractivity (Wildman–Crippen MR) is 91.9 cm³/mol. The summed E-state index contributed by atoms with van der Waals surface area (Å²) in [7, 11) is 0. The zero-order chi connectivity index (χ0) is 17.1. The highest BCUT2D eigenvalue weighted by Crippen LogP contribution is 2.26. The molecule has 3 heterocycles. The minimum Gasteiger partial charge on any atom is -0.297 e. The molecule has 1 saturated heterocycles. The van der Waals surface area contributed by atoms with E-state index in [4.69, 9.17) is 0 Å². The van der Waals surface area contributed by atoms with Gasteiger partial charge in [-0.3, -0.25) is 9.47 Å². The third-order valence-corrected chi connectivity index (χ3v) is 4.69. The van der Waals surface area contributed by atoms with Gasteiger partial charge < -0.3 is 0 Å². The highest BCUT2D eigenvalue weighted by Gasteiger charge is 2.25. The molecule has 1 fully saturated rings. The Balaban J connectivity index is 1.61. The molecule has 0 atom stereocenters. The summed E-state index contributed by atoms with van der Waals surface area (Å²) in [4.78, 5) is 23.1. The number of piperidine rings is 1. The monoisotopic (exact) mass is 330 g/mol. The van der Waals surface area contributed by atoms with Gasteiger partial charge in [-0.25, -0.2) is 19.9 Å². The Labute approximate surface area is 142 Å². The zero-order valence-electron chi connectivity index (χ0n) is 14.7. The molecule has 130 valence electrons. The number of nitrogens with zero attached hydrogens (tertiary/aromatic N) is 5. The maximum absolute atomic E-state index is 11.7. The summed E-state index contributed by atoms with van der Waals surface area (Å²) in [6.45, 7) is 9.73. The van der Waals surface area contributed by atoms with Crippen LogP contribution in [0.2, 0.25) is 0 Å². The quantitative estimate of drug-likeness (QED) is 0.905. The summed E-state index contributed by atoms with van der Waals surface area (Å²) >= 11 is 0. The van der Waals surface area contributed by atoms with Crippen molar-refractivity contribution >= 4 is 0 Å². The number of H-pyrrole nitrogens is 1. The van der Waals surface area contributed by atoms with E-state index in [9.17, 15) is 4.79 Å². The molecule has 0 bridgehead atoms. The van der Waals surface area contributed by atoms with Gasteiger partial charge in [-0.15, -0.1) is 0 Å². The van der Waals surface area contributed by atoms with Crippen LogP contribution in [0.1, 0.15) is 62.8 Å². The van der Waals surface area contributed by atoms with Gasteiger partial charge in [0.25, 0.3) is 0 Å². The fraction of sp³-hybridized carbons (Fsp3) is 0.647. The fourth-order valence-electron chi connectivity index (χ4n) is 3.30. The highest BCUT2D eigenvalue weighted by molar-refractivity contribution is 5.06. The molecule has 0 amide bonds. The summed E-state index contributed by atoms with van der Waals surface area (Å²) in [5, 5.41) is 6.82. The summed E-state index contributed by atoms with van der Waals surface area (Å²) in [6.07, 6.45) is 3.90. The lowest BCUT2D eigenvalue weighted by atomic mass is 9.96. The molecule has 0 radical (unpaired) electrons. The molecule has 2 aromatic heterocycles. The smallest absolute Gasteiger partial charge is 0.297 e. The van der Waals surface area contributed by atoms with Crippen molar-refractivity contribution in [2.75, 3.05) is 13.1 Å². The average molecular weight is 330 g/mol. The van der Waals surface area contributed by atoms with Crippen molar-refractivity contribution in [3.63, 3.8) is 0 Å². The first kappa shape index (κ1) is 16.8. The third kappa shape index (κ3) is 3.56. The van der Waals surface area contributed by atoms with E-state index in [1.54, 1.807) is 4.57 Å². The Morgan fingerprint density at radius 2 is 2.08 bits per heavy atom. The molecule has 1 aliphatic heterocycles. The van der Waals surface area contributed by atoms with Crippen LogP contribution in [0.25, 0.3) is 0 Å². The van der Waals surface area contributed by atoms with E-state index in [2.05, 4.69) is 38.9 Å². The largest absolute Gasteiger partial charge is 0.343 e. The maximum Gasteiger partial charge on any atom is 0.343 e. The van der Waals surface area contributed by atoms with Gasteiger partial charge in [-0.2, -0.15) is 5.10 Å². The van der Waals surface area contributed by atoms with Gasteiger partial charge in [0.1, 0.15) is 11.6 Å². The van der Waals surface area contributed by atoms with Crippen LogP contribution in [-0.4, -0.2) is 42.7 Å². The van der Waals surface area contributed by atoms with E-state index in [0.29, 0.717) is 18.4 Å². The molecule has 0 saturated carbocycles. The highest BCUT2D eigenvalue weighted by atomic mass is 16.1. The molecule has 0 unspecified atom stereocenters. The van der Waals surface area contributed by atoms with E-state index in [0.717, 1.165) is 49.8 Å². The predicted octanol–water partition coefficient (Wildman–Crippen LogP) is 1.88. The van der Waals surface area contributed by atoms with Crippen LogP contribution in [-0.2, 0) is 13.1 Å². The second-order valence-corrected chi connectivity index (χ2v) is 6.74. The SMILES string of the molecule is CCn1c(C2CCN(Cc3ccnc(C(C)C)n3)CC2)n[nH]c1=O. The van der Waals surface area contributed by atoms with Gasteiger partial charge in [0.15, 0.2) is 0 Å². The lowest BCUT2D eigenvalue weighted by Crippen LogP contribution is -2.34. The summed E-state index contributed by atoms with van der Waals surface area (Å²) in [5.41, 5.74) is 0.981. The van der Waals surface area contributed by atoms with Gasteiger partial charge in [-0.1, -0.05) is 13.8 Å². The van der Waals surface area contributed by atoms with Crippen molar-refractivity contribution in [2.24, 2.45) is 0 Å². The topological polar surface area (TPSA) is 79.7 Å². The maximum atomic E-state index is 11.7. The number of hydrogen-bond acceptors (Lipinski definition) is 5. The van der Waals surface area contributed by atoms with Gasteiger partial charge in [0, 0.05) is 31.1 Å². The molecule has 1 N–H and O–H groups in total. The van der Waals surface area contributed by atoms with Crippen LogP contribution in [0.4, 0.5) is 0 Å². The Hall–Kier alpha value is -2.02. The average Bonchev–Trinajstić information content (AvgIpc) is 2.96. The Morgan fingerprint density at radius 1 is 1.33 bits per heavy atom. The van der Waals surface area contributed by atoms with Crippen LogP contribution in [0.15, 0.2) is 17.1 Å². The number of aromatic nitrogens is 5. The van der Waals surface area contributed by atoms with Crippen LogP contribution in [0.5, 0.6) is 0 Å². The standard InChI is InChI=1S/C17H26N6O/c1-4-23-16(20-21-17(23)24)13-6-9-22(10-7-13)11-14-5-8-18-15(19-14)12(2)3/h5,8,12-13H,4,6-7,9-11H2,1-3H3,(H,21,24). The van der Waals surface area contributed by atoms with Gasteiger partial charge in [0.2, 0.25) is 0 Å². The zero-order valence-corrected chi connectivity index (χ0v) is 14.7. The van der Waals surface area contributed by atoms with E-state index in [-0.39, 0.29) is 5.69 Å². The van der Waals surface area contributed by atoms with Crippen LogP contribution in [0.3, 0.4) is 0 Å². The lowest BCUT2D eigenvalue weighted by molar-refractivity contribution is 0.197. The van der Waals surface area contributed by atoms with Gasteiger partial charge >= 0.3 is 5.69 Å². The summed E-state index contributed by atoms with van der Waals surface area (Å²) in [5.74, 6) is 2.52. The second-order valence-electron chi connectivity index (χ2n) is 6.74. The molecule has 24 heavy (non-hydrogen) atoms. The first-order valence-corrected chi connectivity index (χ1v) is 8.77. The Morgan fingerprint density at radius 3 is 2.75 bits per heavy atom. The van der Waals surface area contributed by atoms with Crippen molar-refractivity contribution in [1.29, 1.82) is 0 Å². The first-order chi connectivity index (χ1) is 11.6. The fourth-order valence-corrected chi connectivity index (χ4v) is 3.30. The third-order valence-electron chi connectivity index (χ3n) is 4.69. The number of nitrogens with one attached hydrogen (secondary N) is 1. The normalized spacial score (nSPS) is 16.8. The first-order valence-electron chi connectivity index (χ1n) is 8.77. The van der Waals surface area contributed by atoms with Crippen molar-refractivity contribution in [3.05, 3.63) is 40.1 Å². The van der Waals surface area contributed by atoms with E-state index >= 15 is 0 Å². The minimum absolute atomic E-state index is 0.0999. The van der Waals surface area contributed by atoms with E-state index in [1.165, 1.54) is 0 Å². The number of likely N-dealkylation sites (tertiary alicyclic amines) is 1. The van der Waals surface area contributed by atoms with E-state index < -0.39 is 0 Å². The molecular formula is C17H26N6O. The molecule has 1 aliphatic rings. The molecule has 3 rings (SSSR count). The number of rotatable bonds is 5. The number of aromatic amines is 1. The van der Waals surface area contributed by atoms with Crippen LogP contribution < -0.4 is 5.69 Å². The second kappa shape index (κ2) is 7.25. The summed E-state index contributed by atoms with van der Waals surface area (Å²) < 4.78 is 1.75. The molecule has 7 nitrogen and oxygen atoms in total.